The molecule has 1 atom stereocenters. The van der Waals surface area contributed by atoms with E-state index in [9.17, 15) is 17.6 Å². The highest BCUT2D eigenvalue weighted by Gasteiger charge is 2.16. The van der Waals surface area contributed by atoms with Crippen molar-refractivity contribution in [2.24, 2.45) is 0 Å². The van der Waals surface area contributed by atoms with E-state index in [2.05, 4.69) is 5.32 Å². The van der Waals surface area contributed by atoms with Crippen molar-refractivity contribution in [2.75, 3.05) is 11.6 Å². The first-order valence-corrected chi connectivity index (χ1v) is 8.68. The van der Waals surface area contributed by atoms with Crippen LogP contribution in [0, 0.1) is 5.82 Å². The zero-order valence-corrected chi connectivity index (χ0v) is 13.4. The molecule has 1 unspecified atom stereocenters. The number of sulfone groups is 1. The molecule has 1 amide bonds. The van der Waals surface area contributed by atoms with E-state index < -0.39 is 27.7 Å². The lowest BCUT2D eigenvalue weighted by atomic mass is 10.3. The van der Waals surface area contributed by atoms with E-state index >= 15 is 0 Å². The summed E-state index contributed by atoms with van der Waals surface area (Å²) in [5, 5.41) is 2.58. The number of rotatable bonds is 5. The van der Waals surface area contributed by atoms with E-state index in [1.54, 1.807) is 13.0 Å². The largest absolute Gasteiger partial charge is 0.481 e. The maximum atomic E-state index is 12.8. The van der Waals surface area contributed by atoms with Gasteiger partial charge in [0.2, 0.25) is 0 Å². The predicted octanol–water partition coefficient (Wildman–Crippen LogP) is 2.64. The van der Waals surface area contributed by atoms with E-state index in [4.69, 9.17) is 4.74 Å². The van der Waals surface area contributed by atoms with Crippen LogP contribution in [-0.2, 0) is 14.6 Å². The first kappa shape index (κ1) is 17.0. The molecule has 5 nitrogen and oxygen atoms in total. The molecule has 122 valence electrons. The third-order valence-corrected chi connectivity index (χ3v) is 4.14. The average molecular weight is 337 g/mol. The Hall–Kier alpha value is -2.41. The quantitative estimate of drug-likeness (QED) is 0.910. The van der Waals surface area contributed by atoms with Gasteiger partial charge in [-0.05, 0) is 49.4 Å². The summed E-state index contributed by atoms with van der Waals surface area (Å²) in [5.41, 5.74) is 0.354. The Labute approximate surface area is 134 Å². The minimum absolute atomic E-state index is 0.113. The zero-order chi connectivity index (χ0) is 17.0. The number of nitrogens with one attached hydrogen (secondary N) is 1. The van der Waals surface area contributed by atoms with Crippen molar-refractivity contribution in [3.63, 3.8) is 0 Å². The van der Waals surface area contributed by atoms with Crippen molar-refractivity contribution in [2.45, 2.75) is 17.9 Å². The summed E-state index contributed by atoms with van der Waals surface area (Å²) in [6.07, 6.45) is 0.260. The normalized spacial score (nSPS) is 12.5. The van der Waals surface area contributed by atoms with E-state index in [0.717, 1.165) is 6.26 Å². The van der Waals surface area contributed by atoms with Crippen molar-refractivity contribution in [1.29, 1.82) is 0 Å². The fourth-order valence-corrected chi connectivity index (χ4v) is 2.49. The van der Waals surface area contributed by atoms with Gasteiger partial charge in [0, 0.05) is 11.9 Å². The lowest BCUT2D eigenvalue weighted by molar-refractivity contribution is -0.122. The standard InChI is InChI=1S/C16H16FNO4S/c1-11(22-14-8-6-12(17)7-9-14)16(19)18-13-4-3-5-15(10-13)23(2,20)21/h3-11H,1-2H3,(H,18,19). The number of benzene rings is 2. The molecule has 0 spiro atoms. The van der Waals surface area contributed by atoms with Crippen LogP contribution < -0.4 is 10.1 Å². The highest BCUT2D eigenvalue weighted by atomic mass is 32.2. The van der Waals surface area contributed by atoms with Crippen LogP contribution in [0.15, 0.2) is 53.4 Å². The number of halogens is 1. The molecule has 0 aromatic heterocycles. The first-order chi connectivity index (χ1) is 10.8. The molecule has 0 aliphatic carbocycles. The molecule has 0 aliphatic heterocycles. The SMILES string of the molecule is CC(Oc1ccc(F)cc1)C(=O)Nc1cccc(S(C)(=O)=O)c1. The van der Waals surface area contributed by atoms with Gasteiger partial charge in [-0.2, -0.15) is 0 Å². The van der Waals surface area contributed by atoms with E-state index in [1.165, 1.54) is 42.5 Å². The summed E-state index contributed by atoms with van der Waals surface area (Å²) in [5.74, 6) is -0.481. The van der Waals surface area contributed by atoms with Crippen LogP contribution in [0.1, 0.15) is 6.92 Å². The molecular formula is C16H16FNO4S. The van der Waals surface area contributed by atoms with Crippen molar-refractivity contribution in [3.8, 4) is 5.75 Å². The topological polar surface area (TPSA) is 72.5 Å². The third-order valence-electron chi connectivity index (χ3n) is 3.03. The Morgan fingerprint density at radius 1 is 1.17 bits per heavy atom. The second-order valence-electron chi connectivity index (χ2n) is 5.00. The maximum Gasteiger partial charge on any atom is 0.265 e. The van der Waals surface area contributed by atoms with Crippen LogP contribution in [0.25, 0.3) is 0 Å². The Morgan fingerprint density at radius 2 is 1.83 bits per heavy atom. The number of hydrogen-bond acceptors (Lipinski definition) is 4. The van der Waals surface area contributed by atoms with Crippen molar-refractivity contribution in [3.05, 3.63) is 54.3 Å². The lowest BCUT2D eigenvalue weighted by Gasteiger charge is -2.15. The molecule has 0 fully saturated rings. The Kier molecular flexibility index (Phi) is 5.00. The fourth-order valence-electron chi connectivity index (χ4n) is 1.82. The summed E-state index contributed by atoms with van der Waals surface area (Å²) in [4.78, 5) is 12.2. The Morgan fingerprint density at radius 3 is 2.43 bits per heavy atom. The summed E-state index contributed by atoms with van der Waals surface area (Å²) in [6.45, 7) is 1.54. The number of carbonyl (C=O) groups is 1. The van der Waals surface area contributed by atoms with E-state index in [1.807, 2.05) is 0 Å². The molecule has 0 saturated heterocycles. The van der Waals surface area contributed by atoms with Gasteiger partial charge in [0.05, 0.1) is 4.90 Å². The number of carbonyl (C=O) groups excluding carboxylic acids is 1. The van der Waals surface area contributed by atoms with Crippen molar-refractivity contribution in [1.82, 2.24) is 0 Å². The Bertz CT molecular complexity index is 803. The second-order valence-corrected chi connectivity index (χ2v) is 7.02. The third kappa shape index (κ3) is 4.79. The van der Waals surface area contributed by atoms with Gasteiger partial charge in [0.15, 0.2) is 15.9 Å². The summed E-state index contributed by atoms with van der Waals surface area (Å²) >= 11 is 0. The average Bonchev–Trinajstić information content (AvgIpc) is 2.49. The molecule has 0 bridgehead atoms. The highest BCUT2D eigenvalue weighted by Crippen LogP contribution is 2.17. The van der Waals surface area contributed by atoms with Crippen LogP contribution in [-0.4, -0.2) is 26.7 Å². The van der Waals surface area contributed by atoms with Crippen LogP contribution in [0.5, 0.6) is 5.75 Å². The van der Waals surface area contributed by atoms with Gasteiger partial charge in [-0.15, -0.1) is 0 Å². The highest BCUT2D eigenvalue weighted by molar-refractivity contribution is 7.90. The number of amides is 1. The second kappa shape index (κ2) is 6.78. The number of ether oxygens (including phenoxy) is 1. The molecule has 0 radical (unpaired) electrons. The van der Waals surface area contributed by atoms with E-state index in [-0.39, 0.29) is 4.90 Å². The summed E-state index contributed by atoms with van der Waals surface area (Å²) in [6, 6.07) is 11.2. The molecular weight excluding hydrogens is 321 g/mol. The zero-order valence-electron chi connectivity index (χ0n) is 12.6. The smallest absolute Gasteiger partial charge is 0.265 e. The Balaban J connectivity index is 2.05. The van der Waals surface area contributed by atoms with Gasteiger partial charge in [-0.25, -0.2) is 12.8 Å². The minimum Gasteiger partial charge on any atom is -0.481 e. The molecule has 2 aromatic carbocycles. The van der Waals surface area contributed by atoms with Crippen molar-refractivity contribution < 1.29 is 22.3 Å². The summed E-state index contributed by atoms with van der Waals surface area (Å²) in [7, 11) is -3.35. The van der Waals surface area contributed by atoms with Crippen molar-refractivity contribution >= 4 is 21.4 Å². The minimum atomic E-state index is -3.35. The van der Waals surface area contributed by atoms with E-state index in [0.29, 0.717) is 11.4 Å². The van der Waals surface area contributed by atoms with Crippen LogP contribution in [0.4, 0.5) is 10.1 Å². The predicted molar refractivity (Wildman–Crippen MR) is 84.7 cm³/mol. The lowest BCUT2D eigenvalue weighted by Crippen LogP contribution is -2.30. The van der Waals surface area contributed by atoms with Crippen LogP contribution >= 0.6 is 0 Å². The molecule has 0 saturated carbocycles. The van der Waals surface area contributed by atoms with Gasteiger partial charge >= 0.3 is 0 Å². The van der Waals surface area contributed by atoms with Crippen LogP contribution in [0.2, 0.25) is 0 Å². The molecule has 2 aromatic rings. The molecule has 23 heavy (non-hydrogen) atoms. The molecule has 7 heteroatoms. The summed E-state index contributed by atoms with van der Waals surface area (Å²) < 4.78 is 41.2. The van der Waals surface area contributed by atoms with Gasteiger partial charge in [-0.3, -0.25) is 4.79 Å². The monoisotopic (exact) mass is 337 g/mol. The molecule has 0 aliphatic rings. The fraction of sp³-hybridized carbons (Fsp3) is 0.188. The van der Waals surface area contributed by atoms with Gasteiger partial charge in [0.1, 0.15) is 11.6 Å². The molecule has 2 rings (SSSR count). The molecule has 1 N–H and O–H groups in total. The first-order valence-electron chi connectivity index (χ1n) is 6.79. The molecule has 0 heterocycles. The van der Waals surface area contributed by atoms with Gasteiger partial charge in [0.25, 0.3) is 5.91 Å². The van der Waals surface area contributed by atoms with Gasteiger partial charge < -0.3 is 10.1 Å². The van der Waals surface area contributed by atoms with Crippen LogP contribution in [0.3, 0.4) is 0 Å². The number of anilines is 1. The number of hydrogen-bond donors (Lipinski definition) is 1. The maximum absolute atomic E-state index is 12.8. The van der Waals surface area contributed by atoms with Gasteiger partial charge in [-0.1, -0.05) is 6.07 Å².